The molecule has 0 aliphatic carbocycles. The first-order valence-corrected chi connectivity index (χ1v) is 7.87. The molecule has 0 spiro atoms. The lowest BCUT2D eigenvalue weighted by molar-refractivity contribution is -0.385. The highest BCUT2D eigenvalue weighted by atomic mass is 79.9. The van der Waals surface area contributed by atoms with Gasteiger partial charge in [-0.2, -0.15) is 0 Å². The number of nitro benzene ring substituents is 1. The van der Waals surface area contributed by atoms with E-state index < -0.39 is 0 Å². The minimum atomic E-state index is -0.365. The number of thiophene rings is 1. The third-order valence-electron chi connectivity index (χ3n) is 2.86. The number of rotatable bonds is 5. The molecule has 0 aliphatic heterocycles. The maximum atomic E-state index is 11.0. The van der Waals surface area contributed by atoms with Gasteiger partial charge in [0.15, 0.2) is 0 Å². The Balaban J connectivity index is 2.10. The van der Waals surface area contributed by atoms with E-state index in [1.54, 1.807) is 12.1 Å². The van der Waals surface area contributed by atoms with Crippen LogP contribution in [0.15, 0.2) is 34.8 Å². The standard InChI is InChI=1S/C13H12BrClN2O2S/c1-8(12-4-5-13(15)20-12)16-7-9-6-10(14)2-3-11(9)17(18)19/h2-6,8,16H,7H2,1H3. The van der Waals surface area contributed by atoms with Crippen LogP contribution in [0.4, 0.5) is 5.69 Å². The van der Waals surface area contributed by atoms with E-state index in [4.69, 9.17) is 11.6 Å². The number of nitrogens with one attached hydrogen (secondary N) is 1. The summed E-state index contributed by atoms with van der Waals surface area (Å²) in [7, 11) is 0. The zero-order valence-electron chi connectivity index (χ0n) is 10.6. The molecule has 7 heteroatoms. The highest BCUT2D eigenvalue weighted by Crippen LogP contribution is 2.28. The first-order chi connectivity index (χ1) is 9.47. The lowest BCUT2D eigenvalue weighted by Crippen LogP contribution is -2.17. The van der Waals surface area contributed by atoms with Crippen molar-refractivity contribution in [3.05, 3.63) is 59.7 Å². The van der Waals surface area contributed by atoms with Gasteiger partial charge in [0.1, 0.15) is 0 Å². The van der Waals surface area contributed by atoms with Crippen LogP contribution in [-0.2, 0) is 6.54 Å². The largest absolute Gasteiger partial charge is 0.305 e. The van der Waals surface area contributed by atoms with Crippen LogP contribution in [-0.4, -0.2) is 4.92 Å². The Morgan fingerprint density at radius 2 is 2.20 bits per heavy atom. The van der Waals surface area contributed by atoms with Crippen molar-refractivity contribution in [3.8, 4) is 0 Å². The van der Waals surface area contributed by atoms with E-state index in [2.05, 4.69) is 21.2 Å². The third kappa shape index (κ3) is 3.79. The van der Waals surface area contributed by atoms with Gasteiger partial charge in [0.25, 0.3) is 5.69 Å². The van der Waals surface area contributed by atoms with E-state index in [1.807, 2.05) is 19.1 Å². The fourth-order valence-corrected chi connectivity index (χ4v) is 3.29. The van der Waals surface area contributed by atoms with E-state index in [-0.39, 0.29) is 16.7 Å². The molecule has 4 nitrogen and oxygen atoms in total. The SMILES string of the molecule is CC(NCc1cc(Br)ccc1[N+](=O)[O-])c1ccc(Cl)s1. The summed E-state index contributed by atoms with van der Waals surface area (Å²) in [5, 5.41) is 14.3. The number of nitrogens with zero attached hydrogens (tertiary/aromatic N) is 1. The quantitative estimate of drug-likeness (QED) is 0.596. The summed E-state index contributed by atoms with van der Waals surface area (Å²) in [4.78, 5) is 11.7. The average molecular weight is 376 g/mol. The van der Waals surface area contributed by atoms with Crippen LogP contribution in [0.3, 0.4) is 0 Å². The highest BCUT2D eigenvalue weighted by molar-refractivity contribution is 9.10. The second-order valence-corrected chi connectivity index (χ2v) is 6.94. The van der Waals surface area contributed by atoms with Gasteiger partial charge in [0.2, 0.25) is 0 Å². The molecule has 2 rings (SSSR count). The van der Waals surface area contributed by atoms with Gasteiger partial charge >= 0.3 is 0 Å². The zero-order valence-corrected chi connectivity index (χ0v) is 13.8. The Morgan fingerprint density at radius 3 is 2.80 bits per heavy atom. The minimum Gasteiger partial charge on any atom is -0.305 e. The summed E-state index contributed by atoms with van der Waals surface area (Å²) in [6.07, 6.45) is 0. The summed E-state index contributed by atoms with van der Waals surface area (Å²) in [5.74, 6) is 0. The molecule has 0 bridgehead atoms. The first-order valence-electron chi connectivity index (χ1n) is 5.89. The molecule has 1 atom stereocenters. The molecule has 1 heterocycles. The molecule has 0 fully saturated rings. The Kier molecular flexibility index (Phi) is 5.15. The van der Waals surface area contributed by atoms with E-state index in [0.29, 0.717) is 12.1 Å². The van der Waals surface area contributed by atoms with Crippen LogP contribution in [0.25, 0.3) is 0 Å². The minimum absolute atomic E-state index is 0.0890. The molecule has 0 amide bonds. The van der Waals surface area contributed by atoms with Crippen LogP contribution in [0.5, 0.6) is 0 Å². The van der Waals surface area contributed by atoms with Crippen LogP contribution in [0, 0.1) is 10.1 Å². The molecule has 0 saturated heterocycles. The summed E-state index contributed by atoms with van der Waals surface area (Å²) in [5.41, 5.74) is 0.774. The number of nitro groups is 1. The summed E-state index contributed by atoms with van der Waals surface area (Å²) in [6.45, 7) is 2.43. The van der Waals surface area contributed by atoms with E-state index in [9.17, 15) is 10.1 Å². The van der Waals surface area contributed by atoms with Crippen molar-refractivity contribution in [2.75, 3.05) is 0 Å². The van der Waals surface area contributed by atoms with Crippen molar-refractivity contribution >= 4 is 44.6 Å². The molecule has 0 radical (unpaired) electrons. The van der Waals surface area contributed by atoms with Crippen molar-refractivity contribution in [1.29, 1.82) is 0 Å². The van der Waals surface area contributed by atoms with Crippen molar-refractivity contribution in [1.82, 2.24) is 5.32 Å². The van der Waals surface area contributed by atoms with Crippen molar-refractivity contribution in [2.45, 2.75) is 19.5 Å². The Labute approximate surface area is 134 Å². The predicted octanol–water partition coefficient (Wildman–Crippen LogP) is 4.92. The lowest BCUT2D eigenvalue weighted by Gasteiger charge is -2.12. The van der Waals surface area contributed by atoms with Gasteiger partial charge in [0.05, 0.1) is 9.26 Å². The van der Waals surface area contributed by atoms with Crippen molar-refractivity contribution in [3.63, 3.8) is 0 Å². The number of hydrogen-bond acceptors (Lipinski definition) is 4. The second-order valence-electron chi connectivity index (χ2n) is 4.27. The molecule has 1 N–H and O–H groups in total. The molecular weight excluding hydrogens is 364 g/mol. The smallest absolute Gasteiger partial charge is 0.273 e. The molecule has 0 aliphatic rings. The molecule has 106 valence electrons. The molecule has 2 aromatic rings. The van der Waals surface area contributed by atoms with Crippen molar-refractivity contribution < 1.29 is 4.92 Å². The van der Waals surface area contributed by atoms with Crippen LogP contribution in [0.1, 0.15) is 23.4 Å². The monoisotopic (exact) mass is 374 g/mol. The lowest BCUT2D eigenvalue weighted by atomic mass is 10.1. The maximum absolute atomic E-state index is 11.0. The van der Waals surface area contributed by atoms with Crippen LogP contribution >= 0.6 is 38.9 Å². The van der Waals surface area contributed by atoms with Crippen LogP contribution < -0.4 is 5.32 Å². The van der Waals surface area contributed by atoms with E-state index in [0.717, 1.165) is 13.7 Å². The van der Waals surface area contributed by atoms with E-state index in [1.165, 1.54) is 17.4 Å². The van der Waals surface area contributed by atoms with Gasteiger partial charge in [-0.1, -0.05) is 27.5 Å². The van der Waals surface area contributed by atoms with Gasteiger partial charge in [-0.3, -0.25) is 10.1 Å². The van der Waals surface area contributed by atoms with Gasteiger partial charge < -0.3 is 5.32 Å². The Bertz CT molecular complexity index is 633. The normalized spacial score (nSPS) is 12.3. The number of halogens is 2. The first kappa shape index (κ1) is 15.4. The summed E-state index contributed by atoms with van der Waals surface area (Å²) in [6, 6.07) is 8.84. The Hall–Kier alpha value is -0.950. The van der Waals surface area contributed by atoms with E-state index >= 15 is 0 Å². The summed E-state index contributed by atoms with van der Waals surface area (Å²) >= 11 is 10.7. The molecular formula is C13H12BrClN2O2S. The third-order valence-corrected chi connectivity index (χ3v) is 4.76. The fraction of sp³-hybridized carbons (Fsp3) is 0.231. The molecule has 1 aromatic carbocycles. The molecule has 1 aromatic heterocycles. The second kappa shape index (κ2) is 6.67. The number of benzene rings is 1. The highest BCUT2D eigenvalue weighted by Gasteiger charge is 2.15. The van der Waals surface area contributed by atoms with Gasteiger partial charge in [-0.25, -0.2) is 0 Å². The number of hydrogen-bond donors (Lipinski definition) is 1. The predicted molar refractivity (Wildman–Crippen MR) is 85.4 cm³/mol. The topological polar surface area (TPSA) is 55.2 Å². The van der Waals surface area contributed by atoms with Gasteiger partial charge in [0, 0.05) is 33.6 Å². The average Bonchev–Trinajstić information content (AvgIpc) is 2.82. The molecule has 0 saturated carbocycles. The molecule has 20 heavy (non-hydrogen) atoms. The Morgan fingerprint density at radius 1 is 1.45 bits per heavy atom. The van der Waals surface area contributed by atoms with Crippen LogP contribution in [0.2, 0.25) is 4.34 Å². The fourth-order valence-electron chi connectivity index (χ4n) is 1.80. The summed E-state index contributed by atoms with van der Waals surface area (Å²) < 4.78 is 1.56. The molecule has 1 unspecified atom stereocenters. The van der Waals surface area contributed by atoms with Gasteiger partial charge in [-0.05, 0) is 31.2 Å². The zero-order chi connectivity index (χ0) is 14.7. The van der Waals surface area contributed by atoms with Crippen molar-refractivity contribution in [2.24, 2.45) is 0 Å². The van der Waals surface area contributed by atoms with Gasteiger partial charge in [-0.15, -0.1) is 11.3 Å². The maximum Gasteiger partial charge on any atom is 0.273 e.